The number of benzene rings is 1. The van der Waals surface area contributed by atoms with Crippen molar-refractivity contribution in [2.24, 2.45) is 0 Å². The second-order valence-electron chi connectivity index (χ2n) is 10.7. The van der Waals surface area contributed by atoms with Crippen molar-refractivity contribution in [2.45, 2.75) is 56.0 Å². The molecule has 3 N–H and O–H groups in total. The second-order valence-corrected chi connectivity index (χ2v) is 12.7. The van der Waals surface area contributed by atoms with Crippen LogP contribution in [0.25, 0.3) is 0 Å². The minimum Gasteiger partial charge on any atom is -0.378 e. The Hall–Kier alpha value is -3.95. The molecule has 1 saturated carbocycles. The van der Waals surface area contributed by atoms with Crippen LogP contribution in [0, 0.1) is 0 Å². The maximum atomic E-state index is 13.2. The average Bonchev–Trinajstić information content (AvgIpc) is 3.66. The predicted octanol–water partition coefficient (Wildman–Crippen LogP) is 4.53. The number of pyridine rings is 1. The number of aliphatic hydroxyl groups excluding tert-OH is 1. The minimum atomic E-state index is -2.70. The lowest BCUT2D eigenvalue weighted by Crippen LogP contribution is -2.56. The van der Waals surface area contributed by atoms with E-state index in [4.69, 9.17) is 0 Å². The number of carbonyl (C=O) groups is 2. The first-order valence-corrected chi connectivity index (χ1v) is 15.4. The number of halogens is 2. The van der Waals surface area contributed by atoms with Gasteiger partial charge in [0.25, 0.3) is 11.8 Å². The van der Waals surface area contributed by atoms with Gasteiger partial charge in [-0.05, 0) is 37.0 Å². The number of amides is 2. The Morgan fingerprint density at radius 2 is 1.58 bits per heavy atom. The van der Waals surface area contributed by atoms with E-state index >= 15 is 0 Å². The topological polar surface area (TPSA) is 146 Å². The normalized spacial score (nSPS) is 20.2. The smallest absolute Gasteiger partial charge is 0.282 e. The Morgan fingerprint density at radius 3 is 2.23 bits per heavy atom. The molecule has 4 aromatic rings. The van der Waals surface area contributed by atoms with E-state index in [0.717, 1.165) is 35.7 Å². The van der Waals surface area contributed by atoms with Crippen molar-refractivity contribution in [1.82, 2.24) is 25.4 Å². The molecule has 1 aliphatic carbocycles. The molecule has 224 valence electrons. The van der Waals surface area contributed by atoms with E-state index in [2.05, 4.69) is 36.0 Å². The summed E-state index contributed by atoms with van der Waals surface area (Å²) in [6.45, 7) is -0.748. The summed E-state index contributed by atoms with van der Waals surface area (Å²) < 4.78 is 26.4. The van der Waals surface area contributed by atoms with Crippen molar-refractivity contribution >= 4 is 50.6 Å². The van der Waals surface area contributed by atoms with E-state index in [1.807, 2.05) is 6.07 Å². The summed E-state index contributed by atoms with van der Waals surface area (Å²) in [5.41, 5.74) is 0.975. The van der Waals surface area contributed by atoms with Crippen molar-refractivity contribution in [3.8, 4) is 0 Å². The van der Waals surface area contributed by atoms with Gasteiger partial charge in [0.05, 0.1) is 25.2 Å². The number of nitrogens with zero attached hydrogens (tertiary/aromatic N) is 6. The van der Waals surface area contributed by atoms with Crippen molar-refractivity contribution in [3.63, 3.8) is 0 Å². The number of rotatable bonds is 9. The summed E-state index contributed by atoms with van der Waals surface area (Å²) >= 11 is 2.63. The zero-order valence-electron chi connectivity index (χ0n) is 22.8. The first-order chi connectivity index (χ1) is 20.7. The molecule has 1 unspecified atom stereocenters. The zero-order chi connectivity index (χ0) is 30.0. The lowest BCUT2D eigenvalue weighted by molar-refractivity contribution is -0.124. The molecule has 1 aromatic carbocycles. The van der Waals surface area contributed by atoms with E-state index in [1.165, 1.54) is 27.6 Å². The van der Waals surface area contributed by atoms with E-state index in [9.17, 15) is 23.5 Å². The van der Waals surface area contributed by atoms with Crippen LogP contribution in [-0.2, 0) is 16.0 Å². The van der Waals surface area contributed by atoms with Crippen LogP contribution in [0.15, 0.2) is 48.5 Å². The quantitative estimate of drug-likeness (QED) is 0.244. The molecule has 2 amide bonds. The molecule has 43 heavy (non-hydrogen) atoms. The fourth-order valence-electron chi connectivity index (χ4n) is 5.24. The van der Waals surface area contributed by atoms with Gasteiger partial charge in [0, 0.05) is 11.8 Å². The van der Waals surface area contributed by atoms with Crippen LogP contribution in [0.4, 0.5) is 24.9 Å². The van der Waals surface area contributed by atoms with Gasteiger partial charge in [-0.15, -0.1) is 20.4 Å². The van der Waals surface area contributed by atoms with Crippen LogP contribution in [0.3, 0.4) is 0 Å². The number of nitrogens with one attached hydrogen (secondary N) is 2. The maximum Gasteiger partial charge on any atom is 0.282 e. The molecule has 1 saturated heterocycles. The molecule has 4 heterocycles. The van der Waals surface area contributed by atoms with Crippen molar-refractivity contribution in [3.05, 3.63) is 69.8 Å². The van der Waals surface area contributed by atoms with Crippen molar-refractivity contribution < 1.29 is 23.5 Å². The highest BCUT2D eigenvalue weighted by molar-refractivity contribution is 7.15. The second kappa shape index (κ2) is 12.3. The third-order valence-electron chi connectivity index (χ3n) is 7.40. The number of hydrogen-bond donors (Lipinski definition) is 3. The molecular weight excluding hydrogens is 598 g/mol. The molecule has 3 atom stereocenters. The highest BCUT2D eigenvalue weighted by atomic mass is 32.1. The van der Waals surface area contributed by atoms with Gasteiger partial charge in [-0.25, -0.2) is 13.8 Å². The van der Waals surface area contributed by atoms with Gasteiger partial charge in [-0.1, -0.05) is 65.5 Å². The van der Waals surface area contributed by atoms with Gasteiger partial charge >= 0.3 is 0 Å². The monoisotopic (exact) mass is 626 g/mol. The van der Waals surface area contributed by atoms with Crippen LogP contribution in [0.5, 0.6) is 0 Å². The van der Waals surface area contributed by atoms with Crippen molar-refractivity contribution in [1.29, 1.82) is 0 Å². The SMILES string of the molecule is O=C(Cc1cccc(N2CC(F)(F)C2)n1)Nc1nnc(C2CCC[C@H](c3nnc(NC(=O)[C@H](O)c4ccccc4)s3)C2)s1. The molecule has 2 aliphatic rings. The van der Waals surface area contributed by atoms with E-state index in [-0.39, 0.29) is 37.3 Å². The maximum absolute atomic E-state index is 13.2. The van der Waals surface area contributed by atoms with Gasteiger partial charge in [0.2, 0.25) is 16.2 Å². The molecule has 3 aromatic heterocycles. The molecule has 6 rings (SSSR count). The summed E-state index contributed by atoms with van der Waals surface area (Å²) in [4.78, 5) is 31.0. The third kappa shape index (κ3) is 7.00. The van der Waals surface area contributed by atoms with E-state index in [1.54, 1.807) is 42.5 Å². The Balaban J connectivity index is 1.02. The van der Waals surface area contributed by atoms with Gasteiger partial charge in [-0.2, -0.15) is 0 Å². The molecule has 11 nitrogen and oxygen atoms in total. The Morgan fingerprint density at radius 1 is 0.930 bits per heavy atom. The Bertz CT molecular complexity index is 1590. The minimum absolute atomic E-state index is 0.0171. The number of aromatic nitrogens is 5. The van der Waals surface area contributed by atoms with Gasteiger partial charge in [0.15, 0.2) is 6.10 Å². The summed E-state index contributed by atoms with van der Waals surface area (Å²) in [5.74, 6) is -2.89. The highest BCUT2D eigenvalue weighted by Gasteiger charge is 2.44. The lowest BCUT2D eigenvalue weighted by Gasteiger charge is -2.39. The standard InChI is InChI=1S/C28H28F2N8O3S2/c29-28(30)14-38(15-28)20-11-5-10-19(31-20)13-21(39)32-26-36-34-24(42-26)17-8-4-9-18(12-17)25-35-37-27(43-25)33-23(41)22(40)16-6-2-1-3-7-16/h1-3,5-7,10-11,17-18,22,40H,4,8-9,12-15H2,(H,32,36,39)(H,33,37,41)/t17?,18-,22+/m0/s1. The third-order valence-corrected chi connectivity index (χ3v) is 9.40. The lowest BCUT2D eigenvalue weighted by atomic mass is 9.82. The summed E-state index contributed by atoms with van der Waals surface area (Å²) in [6.07, 6.45) is 2.27. The van der Waals surface area contributed by atoms with Crippen LogP contribution in [0.2, 0.25) is 0 Å². The van der Waals surface area contributed by atoms with E-state index in [0.29, 0.717) is 27.3 Å². The van der Waals surface area contributed by atoms with Gasteiger partial charge in [0.1, 0.15) is 15.8 Å². The summed E-state index contributed by atoms with van der Waals surface area (Å²) in [7, 11) is 0. The highest BCUT2D eigenvalue weighted by Crippen LogP contribution is 2.43. The van der Waals surface area contributed by atoms with Crippen LogP contribution >= 0.6 is 22.7 Å². The molecule has 0 spiro atoms. The number of aliphatic hydroxyl groups is 1. The number of alkyl halides is 2. The fourth-order valence-corrected chi connectivity index (χ4v) is 7.04. The average molecular weight is 627 g/mol. The first-order valence-electron chi connectivity index (χ1n) is 13.8. The zero-order valence-corrected chi connectivity index (χ0v) is 24.5. The molecule has 15 heteroatoms. The fraction of sp³-hybridized carbons (Fsp3) is 0.393. The Labute approximate surface area is 253 Å². The number of hydrogen-bond acceptors (Lipinski definition) is 11. The molecule has 2 fully saturated rings. The van der Waals surface area contributed by atoms with Crippen LogP contribution in [-0.4, -0.2) is 61.3 Å². The van der Waals surface area contributed by atoms with Gasteiger partial charge < -0.3 is 15.3 Å². The molecule has 0 bridgehead atoms. The number of carbonyl (C=O) groups excluding carboxylic acids is 2. The van der Waals surface area contributed by atoms with Crippen LogP contribution in [0.1, 0.15) is 64.9 Å². The van der Waals surface area contributed by atoms with Gasteiger partial charge in [-0.3, -0.25) is 14.9 Å². The Kier molecular flexibility index (Phi) is 8.36. The van der Waals surface area contributed by atoms with Crippen molar-refractivity contribution in [2.75, 3.05) is 28.6 Å². The summed E-state index contributed by atoms with van der Waals surface area (Å²) in [6, 6.07) is 13.7. The molecule has 1 aliphatic heterocycles. The van der Waals surface area contributed by atoms with E-state index < -0.39 is 17.9 Å². The predicted molar refractivity (Wildman–Crippen MR) is 158 cm³/mol. The first kappa shape index (κ1) is 29.1. The molecule has 0 radical (unpaired) electrons. The number of anilines is 3. The largest absolute Gasteiger partial charge is 0.378 e. The molecular formula is C28H28F2N8O3S2. The van der Waals surface area contributed by atoms with Crippen LogP contribution < -0.4 is 15.5 Å². The summed E-state index contributed by atoms with van der Waals surface area (Å²) in [5, 5.41) is 35.0.